The second-order valence-electron chi connectivity index (χ2n) is 11.1. The molecule has 8 heteroatoms. The zero-order valence-corrected chi connectivity index (χ0v) is 25.3. The summed E-state index contributed by atoms with van der Waals surface area (Å²) in [6.07, 6.45) is 4.07. The zero-order valence-electron chi connectivity index (χ0n) is 25.3. The second kappa shape index (κ2) is 15.1. The molecule has 0 unspecified atom stereocenters. The van der Waals surface area contributed by atoms with Crippen molar-refractivity contribution in [3.05, 3.63) is 126 Å². The van der Waals surface area contributed by atoms with Gasteiger partial charge in [-0.2, -0.15) is 0 Å². The average Bonchev–Trinajstić information content (AvgIpc) is 3.62. The van der Waals surface area contributed by atoms with E-state index in [9.17, 15) is 18.8 Å². The highest BCUT2D eigenvalue weighted by Gasteiger charge is 2.28. The first kappa shape index (κ1) is 31.4. The summed E-state index contributed by atoms with van der Waals surface area (Å²) < 4.78 is 25.0. The Morgan fingerprint density at radius 1 is 0.889 bits per heavy atom. The van der Waals surface area contributed by atoms with E-state index in [0.29, 0.717) is 34.7 Å². The van der Waals surface area contributed by atoms with Gasteiger partial charge in [0.2, 0.25) is 5.91 Å². The Labute approximate surface area is 263 Å². The van der Waals surface area contributed by atoms with Gasteiger partial charge in [0.25, 0.3) is 0 Å². The van der Waals surface area contributed by atoms with Crippen molar-refractivity contribution in [3.63, 3.8) is 0 Å². The van der Waals surface area contributed by atoms with Crippen molar-refractivity contribution in [1.82, 2.24) is 0 Å². The Bertz CT molecular complexity index is 1600. The molecule has 1 amide bonds. The number of nitrogens with zero attached hydrogens (tertiary/aromatic N) is 1. The lowest BCUT2D eigenvalue weighted by Gasteiger charge is -2.26. The lowest BCUT2D eigenvalue weighted by atomic mass is 10.00. The van der Waals surface area contributed by atoms with Crippen LogP contribution >= 0.6 is 0 Å². The molecule has 0 radical (unpaired) electrons. The van der Waals surface area contributed by atoms with Crippen LogP contribution in [-0.4, -0.2) is 44.0 Å². The smallest absolute Gasteiger partial charge is 0.328 e. The predicted molar refractivity (Wildman–Crippen MR) is 172 cm³/mol. The fourth-order valence-electron chi connectivity index (χ4n) is 5.69. The van der Waals surface area contributed by atoms with Crippen LogP contribution in [0.5, 0.6) is 5.75 Å². The number of carbonyl (C=O) groups is 3. The number of hydrogen-bond acceptors (Lipinski definition) is 6. The van der Waals surface area contributed by atoms with Crippen molar-refractivity contribution < 1.29 is 28.2 Å². The monoisotopic (exact) mass is 608 g/mol. The maximum atomic E-state index is 14.0. The van der Waals surface area contributed by atoms with E-state index in [4.69, 9.17) is 9.47 Å². The van der Waals surface area contributed by atoms with Crippen LogP contribution in [-0.2, 0) is 20.7 Å². The SMILES string of the molecule is COC(=O)[C@H](Cc1ccc(OCCN(C(=O)C2CCCC2)c2cccc(F)c2)cc1)Nc1ccccc1C(=O)c1ccccc1. The first-order valence-corrected chi connectivity index (χ1v) is 15.2. The summed E-state index contributed by atoms with van der Waals surface area (Å²) >= 11 is 0. The van der Waals surface area contributed by atoms with Gasteiger partial charge in [0.05, 0.1) is 13.7 Å². The van der Waals surface area contributed by atoms with Gasteiger partial charge in [0.1, 0.15) is 24.2 Å². The molecule has 1 saturated carbocycles. The Kier molecular flexibility index (Phi) is 10.6. The van der Waals surface area contributed by atoms with E-state index >= 15 is 0 Å². The molecule has 4 aromatic carbocycles. The molecule has 1 aliphatic carbocycles. The predicted octanol–water partition coefficient (Wildman–Crippen LogP) is 6.86. The number of anilines is 2. The van der Waals surface area contributed by atoms with Crippen molar-refractivity contribution in [2.75, 3.05) is 30.5 Å². The van der Waals surface area contributed by atoms with Gasteiger partial charge >= 0.3 is 5.97 Å². The van der Waals surface area contributed by atoms with Crippen LogP contribution < -0.4 is 15.0 Å². The van der Waals surface area contributed by atoms with E-state index < -0.39 is 12.0 Å². The number of nitrogens with one attached hydrogen (secondary N) is 1. The fraction of sp³-hybridized carbons (Fsp3) is 0.270. The molecule has 4 aromatic rings. The van der Waals surface area contributed by atoms with E-state index in [1.807, 2.05) is 42.5 Å². The van der Waals surface area contributed by atoms with Gasteiger partial charge in [0.15, 0.2) is 5.78 Å². The number of ether oxygens (including phenoxy) is 2. The van der Waals surface area contributed by atoms with E-state index in [0.717, 1.165) is 31.2 Å². The number of rotatable bonds is 13. The molecule has 0 spiro atoms. The molecule has 45 heavy (non-hydrogen) atoms. The van der Waals surface area contributed by atoms with Gasteiger partial charge in [-0.3, -0.25) is 9.59 Å². The third-order valence-corrected chi connectivity index (χ3v) is 8.06. The maximum absolute atomic E-state index is 14.0. The molecule has 0 heterocycles. The minimum atomic E-state index is -0.743. The average molecular weight is 609 g/mol. The van der Waals surface area contributed by atoms with Crippen LogP contribution in [0.4, 0.5) is 15.8 Å². The molecule has 232 valence electrons. The molecule has 1 N–H and O–H groups in total. The Morgan fingerprint density at radius 3 is 2.31 bits per heavy atom. The minimum absolute atomic E-state index is 0.00504. The number of esters is 1. The van der Waals surface area contributed by atoms with Gasteiger partial charge in [-0.15, -0.1) is 0 Å². The largest absolute Gasteiger partial charge is 0.492 e. The van der Waals surface area contributed by atoms with Gasteiger partial charge in [0, 0.05) is 34.8 Å². The van der Waals surface area contributed by atoms with Crippen LogP contribution in [0.15, 0.2) is 103 Å². The summed E-state index contributed by atoms with van der Waals surface area (Å²) in [4.78, 5) is 40.9. The number of hydrogen-bond donors (Lipinski definition) is 1. The first-order valence-electron chi connectivity index (χ1n) is 15.2. The third kappa shape index (κ3) is 8.15. The lowest BCUT2D eigenvalue weighted by Crippen LogP contribution is -2.38. The molecule has 0 aromatic heterocycles. The van der Waals surface area contributed by atoms with Crippen LogP contribution in [0.1, 0.15) is 47.2 Å². The molecule has 0 bridgehead atoms. The van der Waals surface area contributed by atoms with Crippen molar-refractivity contribution in [2.45, 2.75) is 38.1 Å². The summed E-state index contributed by atoms with van der Waals surface area (Å²) in [5.41, 5.74) is 2.94. The molecule has 1 atom stereocenters. The van der Waals surface area contributed by atoms with Crippen LogP contribution in [0, 0.1) is 11.7 Å². The van der Waals surface area contributed by atoms with Gasteiger partial charge in [-0.05, 0) is 60.9 Å². The van der Waals surface area contributed by atoms with E-state index in [1.54, 1.807) is 53.4 Å². The summed E-state index contributed by atoms with van der Waals surface area (Å²) in [6, 6.07) is 28.8. The number of amides is 1. The number of methoxy groups -OCH3 is 1. The van der Waals surface area contributed by atoms with E-state index in [2.05, 4.69) is 5.32 Å². The number of carbonyl (C=O) groups excluding carboxylic acids is 3. The summed E-state index contributed by atoms with van der Waals surface area (Å²) in [5, 5.41) is 3.22. The Hall–Kier alpha value is -4.98. The molecular formula is C37H37FN2O5. The van der Waals surface area contributed by atoms with Crippen molar-refractivity contribution >= 4 is 29.0 Å². The topological polar surface area (TPSA) is 84.9 Å². The van der Waals surface area contributed by atoms with E-state index in [-0.39, 0.29) is 36.6 Å². The van der Waals surface area contributed by atoms with Crippen LogP contribution in [0.2, 0.25) is 0 Å². The van der Waals surface area contributed by atoms with Crippen LogP contribution in [0.25, 0.3) is 0 Å². The fourth-order valence-corrected chi connectivity index (χ4v) is 5.69. The Morgan fingerprint density at radius 2 is 1.60 bits per heavy atom. The molecule has 0 saturated heterocycles. The zero-order chi connectivity index (χ0) is 31.6. The quantitative estimate of drug-likeness (QED) is 0.132. The molecule has 7 nitrogen and oxygen atoms in total. The van der Waals surface area contributed by atoms with Crippen molar-refractivity contribution in [2.24, 2.45) is 5.92 Å². The number of benzene rings is 4. The minimum Gasteiger partial charge on any atom is -0.492 e. The molecular weight excluding hydrogens is 571 g/mol. The lowest BCUT2D eigenvalue weighted by molar-refractivity contribution is -0.141. The maximum Gasteiger partial charge on any atom is 0.328 e. The van der Waals surface area contributed by atoms with Crippen LogP contribution in [0.3, 0.4) is 0 Å². The highest BCUT2D eigenvalue weighted by molar-refractivity contribution is 6.12. The number of para-hydroxylation sites is 1. The third-order valence-electron chi connectivity index (χ3n) is 8.06. The summed E-state index contributed by atoms with van der Waals surface area (Å²) in [7, 11) is 1.33. The first-order chi connectivity index (χ1) is 21.9. The summed E-state index contributed by atoms with van der Waals surface area (Å²) in [6.45, 7) is 0.517. The Balaban J connectivity index is 1.23. The highest BCUT2D eigenvalue weighted by atomic mass is 19.1. The number of halogens is 1. The van der Waals surface area contributed by atoms with Crippen molar-refractivity contribution in [1.29, 1.82) is 0 Å². The molecule has 5 rings (SSSR count). The van der Waals surface area contributed by atoms with Crippen molar-refractivity contribution in [3.8, 4) is 5.75 Å². The molecule has 1 aliphatic rings. The van der Waals surface area contributed by atoms with Gasteiger partial charge in [-0.25, -0.2) is 9.18 Å². The number of ketones is 1. The van der Waals surface area contributed by atoms with E-state index in [1.165, 1.54) is 19.2 Å². The second-order valence-corrected chi connectivity index (χ2v) is 11.1. The summed E-state index contributed by atoms with van der Waals surface area (Å²) in [5.74, 6) is -0.434. The normalized spacial score (nSPS) is 13.6. The van der Waals surface area contributed by atoms with Gasteiger partial charge in [-0.1, -0.05) is 73.5 Å². The highest BCUT2D eigenvalue weighted by Crippen LogP contribution is 2.29. The standard InChI is InChI=1S/C37H37FN2O5/c1-44-37(43)34(39-33-17-8-7-16-32(33)35(41)27-10-3-2-4-11-27)24-26-18-20-31(21-19-26)45-23-22-40(30-15-9-14-29(38)25-30)36(42)28-12-5-6-13-28/h2-4,7-11,14-21,25,28,34,39H,5-6,12-13,22-24H2,1H3/t34-/m0/s1. The molecule has 0 aliphatic heterocycles. The molecule has 1 fully saturated rings. The van der Waals surface area contributed by atoms with Gasteiger partial charge < -0.3 is 19.7 Å².